The molecule has 16 heavy (non-hydrogen) atoms. The molecule has 0 N–H and O–H groups in total. The second-order valence-electron chi connectivity index (χ2n) is 4.50. The van der Waals surface area contributed by atoms with Gasteiger partial charge in [-0.2, -0.15) is 0 Å². The lowest BCUT2D eigenvalue weighted by molar-refractivity contribution is 0.0197. The van der Waals surface area contributed by atoms with Gasteiger partial charge in [-0.15, -0.1) is 0 Å². The fraction of sp³-hybridized carbons (Fsp3) is 0.909. The molecular weight excluding hydrogens is 213 g/mol. The van der Waals surface area contributed by atoms with E-state index >= 15 is 0 Å². The van der Waals surface area contributed by atoms with Crippen LogP contribution in [0.4, 0.5) is 9.18 Å². The number of carbonyl (C=O) groups is 1. The second-order valence-corrected chi connectivity index (χ2v) is 4.50. The fourth-order valence-electron chi connectivity index (χ4n) is 1.07. The maximum absolute atomic E-state index is 12.1. The Morgan fingerprint density at radius 3 is 2.38 bits per heavy atom. The van der Waals surface area contributed by atoms with Crippen LogP contribution in [0.2, 0.25) is 0 Å². The summed E-state index contributed by atoms with van der Waals surface area (Å²) < 4.78 is 22.2. The van der Waals surface area contributed by atoms with Gasteiger partial charge in [0.25, 0.3) is 0 Å². The molecule has 0 aliphatic carbocycles. The maximum atomic E-state index is 12.1. The van der Waals surface area contributed by atoms with Crippen molar-refractivity contribution >= 4 is 6.09 Å². The lowest BCUT2D eigenvalue weighted by atomic mass is 10.2. The summed E-state index contributed by atoms with van der Waals surface area (Å²) in [5, 5.41) is 0. The van der Waals surface area contributed by atoms with E-state index in [-0.39, 0.29) is 0 Å². The standard InChI is InChI=1S/C11H22FNO3/c1-11(2,3)16-10(14)13(7-5-6-12)8-9-15-4/h5-9H2,1-4H3. The number of carbonyl (C=O) groups excluding carboxylic acids is 1. The molecule has 0 aromatic rings. The molecule has 0 unspecified atom stereocenters. The highest BCUT2D eigenvalue weighted by Crippen LogP contribution is 2.10. The Labute approximate surface area is 96.7 Å². The topological polar surface area (TPSA) is 38.8 Å². The minimum absolute atomic E-state index is 0.322. The summed E-state index contributed by atoms with van der Waals surface area (Å²) in [4.78, 5) is 13.2. The number of alkyl halides is 1. The van der Waals surface area contributed by atoms with E-state index in [2.05, 4.69) is 0 Å². The Bertz CT molecular complexity index is 196. The van der Waals surface area contributed by atoms with E-state index in [4.69, 9.17) is 9.47 Å². The molecule has 0 saturated heterocycles. The predicted molar refractivity (Wildman–Crippen MR) is 60.3 cm³/mol. The SMILES string of the molecule is COCCN(CCCF)C(=O)OC(C)(C)C. The average Bonchev–Trinajstić information content (AvgIpc) is 2.15. The molecule has 0 fully saturated rings. The summed E-state index contributed by atoms with van der Waals surface area (Å²) in [7, 11) is 1.56. The van der Waals surface area contributed by atoms with E-state index < -0.39 is 18.4 Å². The predicted octanol–water partition coefficient (Wildman–Crippen LogP) is 2.23. The first kappa shape index (κ1) is 15.2. The van der Waals surface area contributed by atoms with Crippen molar-refractivity contribution in [1.82, 2.24) is 4.90 Å². The van der Waals surface area contributed by atoms with E-state index in [1.165, 1.54) is 4.90 Å². The molecule has 0 aromatic carbocycles. The number of ether oxygens (including phenoxy) is 2. The summed E-state index contributed by atoms with van der Waals surface area (Å²) in [6.45, 7) is 6.16. The molecule has 96 valence electrons. The lowest BCUT2D eigenvalue weighted by Gasteiger charge is -2.27. The van der Waals surface area contributed by atoms with Crippen LogP contribution < -0.4 is 0 Å². The van der Waals surface area contributed by atoms with Crippen LogP contribution in [0.3, 0.4) is 0 Å². The van der Waals surface area contributed by atoms with E-state index in [0.29, 0.717) is 26.1 Å². The van der Waals surface area contributed by atoms with Crippen LogP contribution in [0.25, 0.3) is 0 Å². The number of methoxy groups -OCH3 is 1. The van der Waals surface area contributed by atoms with Gasteiger partial charge in [-0.3, -0.25) is 4.39 Å². The molecule has 4 nitrogen and oxygen atoms in total. The molecule has 5 heteroatoms. The molecule has 0 atom stereocenters. The largest absolute Gasteiger partial charge is 0.444 e. The van der Waals surface area contributed by atoms with Crippen molar-refractivity contribution < 1.29 is 18.7 Å². The fourth-order valence-corrected chi connectivity index (χ4v) is 1.07. The van der Waals surface area contributed by atoms with Gasteiger partial charge in [-0.05, 0) is 27.2 Å². The Morgan fingerprint density at radius 2 is 1.94 bits per heavy atom. The normalized spacial score (nSPS) is 11.3. The first-order valence-corrected chi connectivity index (χ1v) is 5.43. The van der Waals surface area contributed by atoms with Crippen molar-refractivity contribution in [2.75, 3.05) is 33.5 Å². The van der Waals surface area contributed by atoms with Crippen LogP contribution in [0.1, 0.15) is 27.2 Å². The Balaban J connectivity index is 4.19. The van der Waals surface area contributed by atoms with E-state index in [0.717, 1.165) is 0 Å². The first-order valence-electron chi connectivity index (χ1n) is 5.43. The van der Waals surface area contributed by atoms with Gasteiger partial charge in [0.2, 0.25) is 0 Å². The van der Waals surface area contributed by atoms with Crippen LogP contribution in [0.15, 0.2) is 0 Å². The molecule has 0 aromatic heterocycles. The third-order valence-electron chi connectivity index (χ3n) is 1.78. The van der Waals surface area contributed by atoms with Crippen molar-refractivity contribution in [3.63, 3.8) is 0 Å². The van der Waals surface area contributed by atoms with Gasteiger partial charge >= 0.3 is 6.09 Å². The summed E-state index contributed by atoms with van der Waals surface area (Å²) in [5.74, 6) is 0. The van der Waals surface area contributed by atoms with Gasteiger partial charge in [0.15, 0.2) is 0 Å². The smallest absolute Gasteiger partial charge is 0.410 e. The quantitative estimate of drug-likeness (QED) is 0.708. The average molecular weight is 235 g/mol. The van der Waals surface area contributed by atoms with Gasteiger partial charge in [0.1, 0.15) is 5.60 Å². The molecule has 0 aliphatic heterocycles. The second kappa shape index (κ2) is 7.44. The van der Waals surface area contributed by atoms with E-state index in [9.17, 15) is 9.18 Å². The van der Waals surface area contributed by atoms with Gasteiger partial charge in [0.05, 0.1) is 13.3 Å². The number of hydrogen-bond donors (Lipinski definition) is 0. The third-order valence-corrected chi connectivity index (χ3v) is 1.78. The van der Waals surface area contributed by atoms with E-state index in [1.807, 2.05) is 0 Å². The lowest BCUT2D eigenvalue weighted by Crippen LogP contribution is -2.39. The van der Waals surface area contributed by atoms with Crippen LogP contribution >= 0.6 is 0 Å². The van der Waals surface area contributed by atoms with Crippen molar-refractivity contribution in [3.8, 4) is 0 Å². The zero-order valence-corrected chi connectivity index (χ0v) is 10.6. The van der Waals surface area contributed by atoms with Crippen molar-refractivity contribution in [3.05, 3.63) is 0 Å². The summed E-state index contributed by atoms with van der Waals surface area (Å²) in [6, 6.07) is 0. The van der Waals surface area contributed by atoms with Crippen molar-refractivity contribution in [1.29, 1.82) is 0 Å². The highest BCUT2D eigenvalue weighted by Gasteiger charge is 2.21. The number of hydrogen-bond acceptors (Lipinski definition) is 3. The van der Waals surface area contributed by atoms with Crippen LogP contribution in [0, 0.1) is 0 Å². The highest BCUT2D eigenvalue weighted by molar-refractivity contribution is 5.68. The van der Waals surface area contributed by atoms with Crippen molar-refractivity contribution in [2.45, 2.75) is 32.8 Å². The molecular formula is C11H22FNO3. The van der Waals surface area contributed by atoms with Crippen LogP contribution in [0.5, 0.6) is 0 Å². The van der Waals surface area contributed by atoms with Gasteiger partial charge < -0.3 is 14.4 Å². The molecule has 0 bridgehead atoms. The minimum atomic E-state index is -0.530. The van der Waals surface area contributed by atoms with Gasteiger partial charge in [0, 0.05) is 20.2 Å². The Hall–Kier alpha value is -0.840. The summed E-state index contributed by atoms with van der Waals surface area (Å²) in [6.07, 6.45) is -0.0961. The molecule has 1 amide bonds. The molecule has 0 aliphatic rings. The first-order chi connectivity index (χ1) is 7.40. The zero-order valence-electron chi connectivity index (χ0n) is 10.6. The maximum Gasteiger partial charge on any atom is 0.410 e. The van der Waals surface area contributed by atoms with E-state index in [1.54, 1.807) is 27.9 Å². The minimum Gasteiger partial charge on any atom is -0.444 e. The third kappa shape index (κ3) is 7.45. The van der Waals surface area contributed by atoms with Crippen molar-refractivity contribution in [2.24, 2.45) is 0 Å². The number of nitrogens with zero attached hydrogens (tertiary/aromatic N) is 1. The monoisotopic (exact) mass is 235 g/mol. The molecule has 0 rings (SSSR count). The van der Waals surface area contributed by atoms with Crippen LogP contribution in [-0.4, -0.2) is 50.1 Å². The Kier molecular flexibility index (Phi) is 7.05. The van der Waals surface area contributed by atoms with Crippen LogP contribution in [-0.2, 0) is 9.47 Å². The zero-order chi connectivity index (χ0) is 12.6. The number of halogens is 1. The molecule has 0 spiro atoms. The number of rotatable bonds is 6. The Morgan fingerprint density at radius 1 is 1.31 bits per heavy atom. The molecule has 0 saturated carbocycles. The number of amides is 1. The summed E-state index contributed by atoms with van der Waals surface area (Å²) in [5.41, 5.74) is -0.530. The highest BCUT2D eigenvalue weighted by atomic mass is 19.1. The van der Waals surface area contributed by atoms with Gasteiger partial charge in [-0.25, -0.2) is 4.79 Å². The van der Waals surface area contributed by atoms with Gasteiger partial charge in [-0.1, -0.05) is 0 Å². The summed E-state index contributed by atoms with van der Waals surface area (Å²) >= 11 is 0. The molecule has 0 heterocycles. The molecule has 0 radical (unpaired) electrons.